The Morgan fingerprint density at radius 2 is 1.54 bits per heavy atom. The molecule has 0 radical (unpaired) electrons. The van der Waals surface area contributed by atoms with Gasteiger partial charge in [-0.15, -0.1) is 0 Å². The lowest BCUT2D eigenvalue weighted by Crippen LogP contribution is -2.36. The van der Waals surface area contributed by atoms with Crippen molar-refractivity contribution >= 4 is 23.5 Å². The first kappa shape index (κ1) is 22.4. The smallest absolute Gasteiger partial charge is 0.339 e. The molecule has 136 valence electrons. The normalized spacial score (nSPS) is 13.5. The Hall–Kier alpha value is -1.59. The van der Waals surface area contributed by atoms with Gasteiger partial charge in [0.25, 0.3) is 0 Å². The zero-order valence-electron chi connectivity index (χ0n) is 15.7. The van der Waals surface area contributed by atoms with Gasteiger partial charge in [-0.3, -0.25) is 0 Å². The molecule has 0 saturated heterocycles. The molecular formula is C18H27ClO5. The van der Waals surface area contributed by atoms with Crippen LogP contribution in [0.1, 0.15) is 41.5 Å². The molecule has 0 bridgehead atoms. The van der Waals surface area contributed by atoms with Crippen LogP contribution in [0.25, 0.3) is 0 Å². The third kappa shape index (κ3) is 6.13. The minimum absolute atomic E-state index is 0.112. The molecule has 0 saturated carbocycles. The molecule has 0 fully saturated rings. The van der Waals surface area contributed by atoms with Crippen molar-refractivity contribution in [1.82, 2.24) is 0 Å². The molecular weight excluding hydrogens is 332 g/mol. The third-order valence-electron chi connectivity index (χ3n) is 3.14. The molecule has 0 amide bonds. The predicted octanol–water partition coefficient (Wildman–Crippen LogP) is 3.92. The second-order valence-corrected chi connectivity index (χ2v) is 6.83. The summed E-state index contributed by atoms with van der Waals surface area (Å²) in [5.41, 5.74) is 1.12. The lowest BCUT2D eigenvalue weighted by molar-refractivity contribution is -0.159. The molecule has 0 unspecified atom stereocenters. The van der Waals surface area contributed by atoms with Gasteiger partial charge in [0.15, 0.2) is 6.10 Å². The fourth-order valence-electron chi connectivity index (χ4n) is 1.89. The molecule has 0 aliphatic heterocycles. The first-order valence-electron chi connectivity index (χ1n) is 7.44. The van der Waals surface area contributed by atoms with Gasteiger partial charge in [0.1, 0.15) is 0 Å². The maximum absolute atomic E-state index is 12.2. The summed E-state index contributed by atoms with van der Waals surface area (Å²) in [6.45, 7) is 14.4. The standard InChI is InChI=1S/C18H27ClO5/c1-10(2)13(14(19)11(3)12(4)16(20)22-8)15(17(21)23-9)24-18(5,6)7/h15H,4H2,1-3,5-9H3/b14-11+/t15-/m0/s1. The monoisotopic (exact) mass is 358 g/mol. The summed E-state index contributed by atoms with van der Waals surface area (Å²) in [5, 5.41) is 0.213. The average molecular weight is 359 g/mol. The van der Waals surface area contributed by atoms with Crippen LogP contribution in [-0.4, -0.2) is 37.9 Å². The van der Waals surface area contributed by atoms with Crippen LogP contribution in [0.5, 0.6) is 0 Å². The molecule has 1 atom stereocenters. The Kier molecular flexibility index (Phi) is 8.44. The summed E-state index contributed by atoms with van der Waals surface area (Å²) in [6, 6.07) is 0. The van der Waals surface area contributed by atoms with E-state index in [1.54, 1.807) is 20.8 Å². The Bertz CT molecular complexity index is 575. The first-order valence-corrected chi connectivity index (χ1v) is 7.82. The van der Waals surface area contributed by atoms with Gasteiger partial charge in [-0.1, -0.05) is 23.8 Å². The number of allylic oxidation sites excluding steroid dienone is 1. The number of halogens is 1. The predicted molar refractivity (Wildman–Crippen MR) is 94.7 cm³/mol. The molecule has 24 heavy (non-hydrogen) atoms. The molecule has 0 spiro atoms. The maximum atomic E-state index is 12.2. The van der Waals surface area contributed by atoms with Crippen molar-refractivity contribution in [2.75, 3.05) is 14.2 Å². The van der Waals surface area contributed by atoms with Crippen molar-refractivity contribution in [1.29, 1.82) is 0 Å². The number of carbonyl (C=O) groups excluding carboxylic acids is 2. The van der Waals surface area contributed by atoms with Crippen LogP contribution in [0.4, 0.5) is 0 Å². The van der Waals surface area contributed by atoms with Crippen molar-refractivity contribution in [3.05, 3.63) is 33.9 Å². The lowest BCUT2D eigenvalue weighted by Gasteiger charge is -2.29. The van der Waals surface area contributed by atoms with Gasteiger partial charge in [0, 0.05) is 5.57 Å². The quantitative estimate of drug-likeness (QED) is 0.409. The van der Waals surface area contributed by atoms with Crippen molar-refractivity contribution < 1.29 is 23.8 Å². The summed E-state index contributed by atoms with van der Waals surface area (Å²) in [5.74, 6) is -1.17. The van der Waals surface area contributed by atoms with E-state index in [2.05, 4.69) is 11.3 Å². The van der Waals surface area contributed by atoms with E-state index in [0.717, 1.165) is 5.57 Å². The van der Waals surface area contributed by atoms with E-state index in [0.29, 0.717) is 11.1 Å². The number of hydrogen-bond donors (Lipinski definition) is 0. The van der Waals surface area contributed by atoms with E-state index >= 15 is 0 Å². The largest absolute Gasteiger partial charge is 0.467 e. The van der Waals surface area contributed by atoms with Gasteiger partial charge in [-0.25, -0.2) is 9.59 Å². The number of methoxy groups -OCH3 is 2. The van der Waals surface area contributed by atoms with Crippen LogP contribution in [0, 0.1) is 0 Å². The van der Waals surface area contributed by atoms with E-state index < -0.39 is 23.6 Å². The second kappa shape index (κ2) is 9.04. The van der Waals surface area contributed by atoms with Crippen molar-refractivity contribution in [3.8, 4) is 0 Å². The summed E-state index contributed by atoms with van der Waals surface area (Å²) < 4.78 is 15.4. The molecule has 0 heterocycles. The number of hydrogen-bond acceptors (Lipinski definition) is 5. The summed E-state index contributed by atoms with van der Waals surface area (Å²) in [7, 11) is 2.54. The highest BCUT2D eigenvalue weighted by Gasteiger charge is 2.33. The molecule has 0 aromatic heterocycles. The van der Waals surface area contributed by atoms with Gasteiger partial charge in [0.05, 0.1) is 30.4 Å². The Morgan fingerprint density at radius 1 is 1.04 bits per heavy atom. The fraction of sp³-hybridized carbons (Fsp3) is 0.556. The minimum atomic E-state index is -1.02. The van der Waals surface area contributed by atoms with Gasteiger partial charge in [0.2, 0.25) is 0 Å². The summed E-state index contributed by atoms with van der Waals surface area (Å²) in [4.78, 5) is 23.9. The molecule has 0 rings (SSSR count). The van der Waals surface area contributed by atoms with E-state index in [-0.39, 0.29) is 10.6 Å². The topological polar surface area (TPSA) is 61.8 Å². The van der Waals surface area contributed by atoms with Crippen LogP contribution in [0.15, 0.2) is 33.9 Å². The molecule has 0 N–H and O–H groups in total. The lowest BCUT2D eigenvalue weighted by atomic mass is 9.97. The molecule has 0 aliphatic carbocycles. The zero-order chi connectivity index (χ0) is 19.2. The van der Waals surface area contributed by atoms with Crippen LogP contribution < -0.4 is 0 Å². The van der Waals surface area contributed by atoms with Crippen LogP contribution >= 0.6 is 11.6 Å². The first-order chi connectivity index (χ1) is 10.9. The third-order valence-corrected chi connectivity index (χ3v) is 3.62. The zero-order valence-corrected chi connectivity index (χ0v) is 16.5. The van der Waals surface area contributed by atoms with Crippen molar-refractivity contribution in [2.24, 2.45) is 0 Å². The van der Waals surface area contributed by atoms with E-state index in [4.69, 9.17) is 21.1 Å². The summed E-state index contributed by atoms with van der Waals surface area (Å²) >= 11 is 6.48. The molecule has 0 aliphatic rings. The van der Waals surface area contributed by atoms with Crippen molar-refractivity contribution in [2.45, 2.75) is 53.2 Å². The van der Waals surface area contributed by atoms with Crippen LogP contribution in [-0.2, 0) is 23.8 Å². The second-order valence-electron chi connectivity index (χ2n) is 6.46. The molecule has 6 heteroatoms. The molecule has 0 aromatic rings. The van der Waals surface area contributed by atoms with Crippen molar-refractivity contribution in [3.63, 3.8) is 0 Å². The van der Waals surface area contributed by atoms with Crippen LogP contribution in [0.3, 0.4) is 0 Å². The fourth-order valence-corrected chi connectivity index (χ4v) is 2.30. The maximum Gasteiger partial charge on any atom is 0.339 e. The van der Waals surface area contributed by atoms with E-state index in [9.17, 15) is 9.59 Å². The van der Waals surface area contributed by atoms with E-state index in [1.165, 1.54) is 14.2 Å². The van der Waals surface area contributed by atoms with Crippen LogP contribution in [0.2, 0.25) is 0 Å². The van der Waals surface area contributed by atoms with Gasteiger partial charge < -0.3 is 14.2 Å². The Morgan fingerprint density at radius 3 is 1.88 bits per heavy atom. The highest BCUT2D eigenvalue weighted by Crippen LogP contribution is 2.32. The minimum Gasteiger partial charge on any atom is -0.467 e. The SMILES string of the molecule is C=C(C(=O)OC)/C(C)=C(/Cl)C(=C(C)C)[C@H](OC(C)(C)C)C(=O)OC. The average Bonchev–Trinajstić information content (AvgIpc) is 2.49. The summed E-state index contributed by atoms with van der Waals surface area (Å²) in [6.07, 6.45) is -1.02. The van der Waals surface area contributed by atoms with Gasteiger partial charge >= 0.3 is 11.9 Å². The Balaban J connectivity index is 6.18. The highest BCUT2D eigenvalue weighted by atomic mass is 35.5. The highest BCUT2D eigenvalue weighted by molar-refractivity contribution is 6.33. The molecule has 0 aromatic carbocycles. The number of ether oxygens (including phenoxy) is 3. The Labute approximate surface area is 149 Å². The van der Waals surface area contributed by atoms with Gasteiger partial charge in [-0.2, -0.15) is 0 Å². The number of esters is 2. The number of carbonyl (C=O) groups is 2. The van der Waals surface area contributed by atoms with Gasteiger partial charge in [-0.05, 0) is 47.1 Å². The molecule has 5 nitrogen and oxygen atoms in total. The number of rotatable bonds is 6. The van der Waals surface area contributed by atoms with E-state index in [1.807, 2.05) is 20.8 Å².